The molecule has 1 rings (SSSR count). The van der Waals surface area contributed by atoms with Gasteiger partial charge in [-0.05, 0) is 12.1 Å². The number of aromatic carboxylic acids is 2. The van der Waals surface area contributed by atoms with E-state index in [9.17, 15) is 9.59 Å². The molecular formula is C8H6O4S2. The van der Waals surface area contributed by atoms with Crippen LogP contribution in [0.4, 0.5) is 0 Å². The Morgan fingerprint density at radius 2 is 1.21 bits per heavy atom. The fraction of sp³-hybridized carbons (Fsp3) is 0. The van der Waals surface area contributed by atoms with Crippen molar-refractivity contribution in [2.24, 2.45) is 0 Å². The monoisotopic (exact) mass is 230 g/mol. The number of hydrogen-bond donors (Lipinski definition) is 4. The van der Waals surface area contributed by atoms with Crippen LogP contribution >= 0.6 is 25.3 Å². The highest BCUT2D eigenvalue weighted by Crippen LogP contribution is 2.22. The van der Waals surface area contributed by atoms with Gasteiger partial charge in [0.15, 0.2) is 0 Å². The second-order valence-corrected chi connectivity index (χ2v) is 3.46. The van der Waals surface area contributed by atoms with Gasteiger partial charge in [-0.3, -0.25) is 0 Å². The Balaban J connectivity index is 3.38. The lowest BCUT2D eigenvalue weighted by atomic mass is 10.1. The lowest BCUT2D eigenvalue weighted by molar-refractivity contribution is 0.0675. The zero-order valence-corrected chi connectivity index (χ0v) is 8.55. The van der Waals surface area contributed by atoms with Crippen molar-refractivity contribution in [3.8, 4) is 0 Å². The van der Waals surface area contributed by atoms with Crippen molar-refractivity contribution in [1.29, 1.82) is 0 Å². The Labute approximate surface area is 90.4 Å². The van der Waals surface area contributed by atoms with Crippen molar-refractivity contribution in [1.82, 2.24) is 0 Å². The molecule has 2 N–H and O–H groups in total. The van der Waals surface area contributed by atoms with Crippen molar-refractivity contribution in [3.05, 3.63) is 23.3 Å². The maximum absolute atomic E-state index is 10.6. The van der Waals surface area contributed by atoms with Crippen LogP contribution in [0.3, 0.4) is 0 Å². The second-order valence-electron chi connectivity index (χ2n) is 2.50. The molecule has 0 spiro atoms. The first-order valence-corrected chi connectivity index (χ1v) is 4.35. The third-order valence-corrected chi connectivity index (χ3v) is 2.31. The number of carboxylic acids is 2. The summed E-state index contributed by atoms with van der Waals surface area (Å²) >= 11 is 7.74. The Bertz CT molecular complexity index is 374. The minimum Gasteiger partial charge on any atom is -0.478 e. The van der Waals surface area contributed by atoms with E-state index in [1.54, 1.807) is 0 Å². The van der Waals surface area contributed by atoms with Gasteiger partial charge in [0.2, 0.25) is 0 Å². The van der Waals surface area contributed by atoms with Gasteiger partial charge in [0, 0.05) is 9.79 Å². The van der Waals surface area contributed by atoms with Gasteiger partial charge in [-0.1, -0.05) is 0 Å². The van der Waals surface area contributed by atoms with E-state index >= 15 is 0 Å². The first-order valence-electron chi connectivity index (χ1n) is 3.46. The summed E-state index contributed by atoms with van der Waals surface area (Å²) in [4.78, 5) is 21.5. The van der Waals surface area contributed by atoms with Gasteiger partial charge in [-0.2, -0.15) is 0 Å². The molecule has 0 bridgehead atoms. The van der Waals surface area contributed by atoms with Crippen molar-refractivity contribution < 1.29 is 19.8 Å². The van der Waals surface area contributed by atoms with E-state index in [4.69, 9.17) is 10.2 Å². The summed E-state index contributed by atoms with van der Waals surface area (Å²) in [5.41, 5.74) is -0.133. The highest BCUT2D eigenvalue weighted by atomic mass is 32.1. The summed E-state index contributed by atoms with van der Waals surface area (Å²) in [6, 6.07) is 2.33. The number of thiol groups is 2. The average molecular weight is 230 g/mol. The van der Waals surface area contributed by atoms with Gasteiger partial charge >= 0.3 is 11.9 Å². The number of hydrogen-bond acceptors (Lipinski definition) is 4. The van der Waals surface area contributed by atoms with E-state index in [0.29, 0.717) is 0 Å². The Morgan fingerprint density at radius 1 is 0.929 bits per heavy atom. The van der Waals surface area contributed by atoms with Gasteiger partial charge in [0.1, 0.15) is 0 Å². The lowest BCUT2D eigenvalue weighted by Gasteiger charge is -2.04. The molecule has 1 aromatic rings. The maximum atomic E-state index is 10.6. The molecule has 74 valence electrons. The third-order valence-electron chi connectivity index (χ3n) is 1.57. The summed E-state index contributed by atoms with van der Waals surface area (Å²) < 4.78 is 0. The molecule has 1 aromatic carbocycles. The van der Waals surface area contributed by atoms with Gasteiger partial charge in [0.25, 0.3) is 0 Å². The molecule has 0 saturated heterocycles. The first kappa shape index (κ1) is 10.9. The van der Waals surface area contributed by atoms with Crippen LogP contribution in [-0.4, -0.2) is 22.2 Å². The molecule has 0 aromatic heterocycles. The van der Waals surface area contributed by atoms with E-state index < -0.39 is 11.9 Å². The first-order chi connectivity index (χ1) is 6.43. The zero-order chi connectivity index (χ0) is 10.9. The van der Waals surface area contributed by atoms with Crippen LogP contribution in [0.5, 0.6) is 0 Å². The Hall–Kier alpha value is -1.14. The van der Waals surface area contributed by atoms with E-state index in [1.165, 1.54) is 0 Å². The number of benzene rings is 1. The summed E-state index contributed by atoms with van der Waals surface area (Å²) in [6.45, 7) is 0. The zero-order valence-electron chi connectivity index (χ0n) is 6.76. The average Bonchev–Trinajstić information content (AvgIpc) is 2.07. The molecule has 0 saturated carbocycles. The summed E-state index contributed by atoms with van der Waals surface area (Å²) in [6.07, 6.45) is 0. The van der Waals surface area contributed by atoms with E-state index in [1.807, 2.05) is 0 Å². The second kappa shape index (κ2) is 3.93. The third kappa shape index (κ3) is 2.02. The quantitative estimate of drug-likeness (QED) is 0.583. The minimum absolute atomic E-state index is 0.0664. The molecule has 0 heterocycles. The molecule has 0 aliphatic heterocycles. The molecular weight excluding hydrogens is 224 g/mol. The molecule has 0 radical (unpaired) electrons. The van der Waals surface area contributed by atoms with Crippen LogP contribution in [0.15, 0.2) is 21.9 Å². The van der Waals surface area contributed by atoms with Crippen molar-refractivity contribution in [2.45, 2.75) is 9.79 Å². The number of carbonyl (C=O) groups is 2. The molecule has 0 amide bonds. The Kier molecular flexibility index (Phi) is 3.07. The standard InChI is InChI=1S/C8H6O4S2/c9-7(10)3-1-5(13)4(8(11)12)2-6(3)14/h1-2,13-14H,(H,9,10)(H,11,12). The molecule has 0 aliphatic rings. The topological polar surface area (TPSA) is 74.6 Å². The maximum Gasteiger partial charge on any atom is 0.336 e. The molecule has 6 heteroatoms. The predicted molar refractivity (Wildman–Crippen MR) is 54.9 cm³/mol. The van der Waals surface area contributed by atoms with Crippen LogP contribution < -0.4 is 0 Å². The van der Waals surface area contributed by atoms with Gasteiger partial charge < -0.3 is 10.2 Å². The van der Waals surface area contributed by atoms with E-state index in [-0.39, 0.29) is 20.9 Å². The van der Waals surface area contributed by atoms with Gasteiger partial charge in [-0.15, -0.1) is 25.3 Å². The molecule has 0 aliphatic carbocycles. The van der Waals surface area contributed by atoms with Crippen LogP contribution in [0, 0.1) is 0 Å². The molecule has 0 unspecified atom stereocenters. The van der Waals surface area contributed by atoms with Crippen LogP contribution in [-0.2, 0) is 0 Å². The highest BCUT2D eigenvalue weighted by Gasteiger charge is 2.14. The summed E-state index contributed by atoms with van der Waals surface area (Å²) in [5.74, 6) is -2.33. The van der Waals surface area contributed by atoms with E-state index in [0.717, 1.165) is 12.1 Å². The molecule has 0 atom stereocenters. The smallest absolute Gasteiger partial charge is 0.336 e. The number of carboxylic acid groups (broad SMARTS) is 2. The molecule has 4 nitrogen and oxygen atoms in total. The summed E-state index contributed by atoms with van der Waals surface area (Å²) in [7, 11) is 0. The Morgan fingerprint density at radius 3 is 1.43 bits per heavy atom. The van der Waals surface area contributed by atoms with Crippen molar-refractivity contribution >= 4 is 37.2 Å². The highest BCUT2D eigenvalue weighted by molar-refractivity contribution is 7.80. The fourth-order valence-corrected chi connectivity index (χ4v) is 1.50. The van der Waals surface area contributed by atoms with Gasteiger partial charge in [-0.25, -0.2) is 9.59 Å². The number of rotatable bonds is 2. The predicted octanol–water partition coefficient (Wildman–Crippen LogP) is 1.66. The minimum atomic E-state index is -1.16. The van der Waals surface area contributed by atoms with Crippen LogP contribution in [0.2, 0.25) is 0 Å². The van der Waals surface area contributed by atoms with Crippen molar-refractivity contribution in [3.63, 3.8) is 0 Å². The van der Waals surface area contributed by atoms with Crippen molar-refractivity contribution in [2.75, 3.05) is 0 Å². The van der Waals surface area contributed by atoms with Crippen LogP contribution in [0.25, 0.3) is 0 Å². The molecule has 0 fully saturated rings. The van der Waals surface area contributed by atoms with Crippen LogP contribution in [0.1, 0.15) is 20.7 Å². The molecule has 14 heavy (non-hydrogen) atoms. The largest absolute Gasteiger partial charge is 0.478 e. The van der Waals surface area contributed by atoms with E-state index in [2.05, 4.69) is 25.3 Å². The summed E-state index contributed by atoms with van der Waals surface area (Å²) in [5, 5.41) is 17.4. The fourth-order valence-electron chi connectivity index (χ4n) is 0.919. The lowest BCUT2D eigenvalue weighted by Crippen LogP contribution is -2.03. The van der Waals surface area contributed by atoms with Gasteiger partial charge in [0.05, 0.1) is 11.1 Å². The normalized spacial score (nSPS) is 9.86. The SMILES string of the molecule is O=C(O)c1cc(S)c(C(=O)O)cc1S.